The molecule has 1 aliphatic heterocycles. The van der Waals surface area contributed by atoms with Gasteiger partial charge in [-0.3, -0.25) is 4.90 Å². The van der Waals surface area contributed by atoms with Crippen molar-refractivity contribution in [1.82, 2.24) is 24.8 Å². The minimum Gasteiger partial charge on any atom is -0.472 e. The topological polar surface area (TPSA) is 59.1 Å². The Kier molecular flexibility index (Phi) is 7.04. The van der Waals surface area contributed by atoms with Crippen LogP contribution in [0.4, 0.5) is 0 Å². The number of aryl methyl sites for hydroxylation is 1. The van der Waals surface area contributed by atoms with Crippen LogP contribution in [0.2, 0.25) is 0 Å². The summed E-state index contributed by atoms with van der Waals surface area (Å²) in [4.78, 5) is 11.7. The van der Waals surface area contributed by atoms with E-state index in [2.05, 4.69) is 32.2 Å². The molecule has 0 aliphatic carbocycles. The largest absolute Gasteiger partial charge is 0.472 e. The van der Waals surface area contributed by atoms with Crippen molar-refractivity contribution < 1.29 is 4.42 Å². The second-order valence-corrected chi connectivity index (χ2v) is 6.60. The van der Waals surface area contributed by atoms with Gasteiger partial charge >= 0.3 is 0 Å². The van der Waals surface area contributed by atoms with Crippen molar-refractivity contribution in [3.05, 3.63) is 47.9 Å². The van der Waals surface area contributed by atoms with Crippen molar-refractivity contribution >= 4 is 36.2 Å². The second-order valence-electron chi connectivity index (χ2n) is 5.74. The smallest absolute Gasteiger partial charge is 0.127 e. The van der Waals surface area contributed by atoms with Crippen LogP contribution in [-0.4, -0.2) is 39.1 Å². The molecule has 0 spiro atoms. The molecule has 0 amide bonds. The molecule has 9 heteroatoms. The number of nitrogens with one attached hydrogen (secondary N) is 1. The van der Waals surface area contributed by atoms with Crippen molar-refractivity contribution in [2.45, 2.75) is 12.6 Å². The lowest BCUT2D eigenvalue weighted by Gasteiger charge is -2.35. The number of hydrogen-bond donors (Lipinski definition) is 1. The number of thiazole rings is 1. The van der Waals surface area contributed by atoms with E-state index in [1.807, 2.05) is 18.5 Å². The van der Waals surface area contributed by atoms with Gasteiger partial charge in [0, 0.05) is 56.6 Å². The van der Waals surface area contributed by atoms with Crippen molar-refractivity contribution in [3.63, 3.8) is 0 Å². The summed E-state index contributed by atoms with van der Waals surface area (Å²) in [6.07, 6.45) is 7.29. The quantitative estimate of drug-likeness (QED) is 0.727. The molecule has 1 aliphatic rings. The third-order valence-corrected chi connectivity index (χ3v) is 5.14. The van der Waals surface area contributed by atoms with Gasteiger partial charge in [0.1, 0.15) is 17.1 Å². The van der Waals surface area contributed by atoms with E-state index in [4.69, 9.17) is 9.40 Å². The highest BCUT2D eigenvalue weighted by atomic mass is 35.5. The fourth-order valence-electron chi connectivity index (χ4n) is 2.99. The Bertz CT molecular complexity index is 773. The first-order valence-corrected chi connectivity index (χ1v) is 8.58. The molecule has 1 atom stereocenters. The Labute approximate surface area is 163 Å². The lowest BCUT2D eigenvalue weighted by molar-refractivity contribution is 0.143. The summed E-state index contributed by atoms with van der Waals surface area (Å²) in [5.41, 5.74) is 2.15. The predicted molar refractivity (Wildman–Crippen MR) is 104 cm³/mol. The van der Waals surface area contributed by atoms with Gasteiger partial charge in [0.25, 0.3) is 0 Å². The summed E-state index contributed by atoms with van der Waals surface area (Å²) < 4.78 is 7.24. The van der Waals surface area contributed by atoms with Crippen LogP contribution in [0.3, 0.4) is 0 Å². The standard InChI is InChI=1S/C16H19N5OS.2ClH/c1-20-5-4-18-15(20)14-8-17-3-6-21(14)9-13-11-23-16(19-13)12-2-7-22-10-12;;/h2,4-5,7,10-11,14,17H,3,6,8-9H2,1H3;2*1H. The summed E-state index contributed by atoms with van der Waals surface area (Å²) in [6, 6.07) is 2.23. The van der Waals surface area contributed by atoms with Gasteiger partial charge in [-0.1, -0.05) is 0 Å². The van der Waals surface area contributed by atoms with E-state index in [1.165, 1.54) is 0 Å². The molecule has 3 aromatic rings. The Balaban J connectivity index is 0.00000113. The van der Waals surface area contributed by atoms with E-state index in [1.54, 1.807) is 23.9 Å². The van der Waals surface area contributed by atoms with E-state index in [0.29, 0.717) is 0 Å². The van der Waals surface area contributed by atoms with Crippen LogP contribution >= 0.6 is 36.2 Å². The minimum absolute atomic E-state index is 0. The lowest BCUT2D eigenvalue weighted by Crippen LogP contribution is -2.46. The van der Waals surface area contributed by atoms with Crippen LogP contribution in [0.15, 0.2) is 40.8 Å². The molecule has 0 aromatic carbocycles. The number of hydrogen-bond acceptors (Lipinski definition) is 6. The Morgan fingerprint density at radius 3 is 3.00 bits per heavy atom. The number of imidazole rings is 1. The molecular formula is C16H21Cl2N5OS. The predicted octanol–water partition coefficient (Wildman–Crippen LogP) is 3.13. The molecule has 3 aromatic heterocycles. The summed E-state index contributed by atoms with van der Waals surface area (Å²) >= 11 is 1.66. The van der Waals surface area contributed by atoms with Crippen LogP contribution in [0.5, 0.6) is 0 Å². The molecule has 1 unspecified atom stereocenters. The lowest BCUT2D eigenvalue weighted by atomic mass is 10.1. The Morgan fingerprint density at radius 2 is 2.28 bits per heavy atom. The Hall–Kier alpha value is -1.38. The fourth-order valence-corrected chi connectivity index (χ4v) is 3.79. The van der Waals surface area contributed by atoms with E-state index in [0.717, 1.165) is 48.3 Å². The SMILES string of the molecule is Cl.Cl.Cn1ccnc1C1CNCCN1Cc1csc(-c2ccoc2)n1. The molecule has 6 nitrogen and oxygen atoms in total. The van der Waals surface area contributed by atoms with Crippen LogP contribution in [-0.2, 0) is 13.6 Å². The highest BCUT2D eigenvalue weighted by Crippen LogP contribution is 2.27. The Morgan fingerprint density at radius 1 is 1.40 bits per heavy atom. The van der Waals surface area contributed by atoms with Gasteiger partial charge in [0.15, 0.2) is 0 Å². The summed E-state index contributed by atoms with van der Waals surface area (Å²) in [7, 11) is 2.05. The molecule has 0 saturated carbocycles. The molecule has 1 fully saturated rings. The first-order valence-electron chi connectivity index (χ1n) is 7.70. The molecule has 1 N–H and O–H groups in total. The molecule has 25 heavy (non-hydrogen) atoms. The zero-order valence-electron chi connectivity index (χ0n) is 13.8. The number of halogens is 2. The highest BCUT2D eigenvalue weighted by Gasteiger charge is 2.27. The maximum Gasteiger partial charge on any atom is 0.127 e. The van der Waals surface area contributed by atoms with Gasteiger partial charge in [0.2, 0.25) is 0 Å². The monoisotopic (exact) mass is 401 g/mol. The van der Waals surface area contributed by atoms with Crippen LogP contribution in [0.25, 0.3) is 10.6 Å². The summed E-state index contributed by atoms with van der Waals surface area (Å²) in [6.45, 7) is 3.76. The number of aromatic nitrogens is 3. The molecule has 1 saturated heterocycles. The van der Waals surface area contributed by atoms with E-state index in [-0.39, 0.29) is 30.9 Å². The second kappa shape index (κ2) is 8.82. The normalized spacial score (nSPS) is 17.7. The van der Waals surface area contributed by atoms with Gasteiger partial charge in [-0.2, -0.15) is 0 Å². The number of furan rings is 1. The van der Waals surface area contributed by atoms with Gasteiger partial charge in [-0.15, -0.1) is 36.2 Å². The molecule has 136 valence electrons. The van der Waals surface area contributed by atoms with Crippen LogP contribution in [0, 0.1) is 0 Å². The van der Waals surface area contributed by atoms with Crippen molar-refractivity contribution in [2.75, 3.05) is 19.6 Å². The zero-order chi connectivity index (χ0) is 15.6. The zero-order valence-corrected chi connectivity index (χ0v) is 16.2. The first-order chi connectivity index (χ1) is 11.3. The average molecular weight is 402 g/mol. The maximum atomic E-state index is 5.14. The number of piperazine rings is 1. The minimum atomic E-state index is 0. The highest BCUT2D eigenvalue weighted by molar-refractivity contribution is 7.13. The average Bonchev–Trinajstić information content (AvgIpc) is 3.29. The molecule has 4 heterocycles. The van der Waals surface area contributed by atoms with Gasteiger partial charge in [0.05, 0.1) is 18.0 Å². The third kappa shape index (κ3) is 4.24. The number of nitrogens with zero attached hydrogens (tertiary/aromatic N) is 4. The van der Waals surface area contributed by atoms with E-state index < -0.39 is 0 Å². The van der Waals surface area contributed by atoms with Crippen LogP contribution < -0.4 is 5.32 Å². The van der Waals surface area contributed by atoms with Gasteiger partial charge < -0.3 is 14.3 Å². The van der Waals surface area contributed by atoms with Crippen molar-refractivity contribution in [1.29, 1.82) is 0 Å². The van der Waals surface area contributed by atoms with Crippen molar-refractivity contribution in [2.24, 2.45) is 7.05 Å². The molecule has 4 rings (SSSR count). The molecular weight excluding hydrogens is 381 g/mol. The number of rotatable bonds is 4. The fraction of sp³-hybridized carbons (Fsp3) is 0.375. The maximum absolute atomic E-state index is 5.14. The summed E-state index contributed by atoms with van der Waals surface area (Å²) in [5, 5.41) is 6.62. The van der Waals surface area contributed by atoms with Crippen LogP contribution in [0.1, 0.15) is 17.6 Å². The first kappa shape index (κ1) is 19.9. The van der Waals surface area contributed by atoms with E-state index >= 15 is 0 Å². The van der Waals surface area contributed by atoms with E-state index in [9.17, 15) is 0 Å². The van der Waals surface area contributed by atoms with Gasteiger partial charge in [-0.05, 0) is 6.07 Å². The van der Waals surface area contributed by atoms with Gasteiger partial charge in [-0.25, -0.2) is 9.97 Å². The molecule has 0 radical (unpaired) electrons. The summed E-state index contributed by atoms with van der Waals surface area (Å²) in [5.74, 6) is 1.10. The third-order valence-electron chi connectivity index (χ3n) is 4.20. The van der Waals surface area contributed by atoms with Crippen molar-refractivity contribution in [3.8, 4) is 10.6 Å². The molecule has 0 bridgehead atoms.